The van der Waals surface area contributed by atoms with Crippen molar-refractivity contribution in [2.75, 3.05) is 25.0 Å². The van der Waals surface area contributed by atoms with Crippen LogP contribution in [0.25, 0.3) is 11.0 Å². The van der Waals surface area contributed by atoms with Crippen LogP contribution in [-0.4, -0.2) is 36.0 Å². The number of para-hydroxylation sites is 1. The van der Waals surface area contributed by atoms with Crippen LogP contribution in [0.15, 0.2) is 48.5 Å². The third kappa shape index (κ3) is 3.94. The Kier molecular flexibility index (Phi) is 4.93. The number of hydrogen-bond acceptors (Lipinski definition) is 4. The van der Waals surface area contributed by atoms with Crippen LogP contribution in [0.2, 0.25) is 0 Å². The molecule has 0 fully saturated rings. The lowest BCUT2D eigenvalue weighted by molar-refractivity contribution is 0.0955. The zero-order valence-corrected chi connectivity index (χ0v) is 14.8. The fourth-order valence-corrected chi connectivity index (χ4v) is 2.62. The first-order valence-electron chi connectivity index (χ1n) is 8.34. The fourth-order valence-electron chi connectivity index (χ4n) is 2.62. The lowest BCUT2D eigenvalue weighted by Gasteiger charge is -2.19. The average molecular weight is 334 g/mol. The molecule has 0 radical (unpaired) electrons. The van der Waals surface area contributed by atoms with Gasteiger partial charge in [0.15, 0.2) is 0 Å². The third-order valence-corrected chi connectivity index (χ3v) is 4.27. The van der Waals surface area contributed by atoms with Gasteiger partial charge >= 0.3 is 0 Å². The number of nitrogens with one attached hydrogen (secondary N) is 1. The van der Waals surface area contributed by atoms with Crippen molar-refractivity contribution >= 4 is 22.6 Å². The van der Waals surface area contributed by atoms with Gasteiger partial charge in [-0.15, -0.1) is 0 Å². The van der Waals surface area contributed by atoms with E-state index < -0.39 is 0 Å². The van der Waals surface area contributed by atoms with Crippen LogP contribution in [0.5, 0.6) is 0 Å². The molecule has 0 unspecified atom stereocenters. The molecule has 0 aliphatic rings. The highest BCUT2D eigenvalue weighted by atomic mass is 16.1. The Morgan fingerprint density at radius 3 is 2.40 bits per heavy atom. The Morgan fingerprint density at radius 2 is 1.68 bits per heavy atom. The molecule has 25 heavy (non-hydrogen) atoms. The number of aryl methyl sites for hydroxylation is 2. The van der Waals surface area contributed by atoms with Crippen molar-refractivity contribution in [2.24, 2.45) is 0 Å². The number of rotatable bonds is 5. The first-order valence-corrected chi connectivity index (χ1v) is 8.34. The van der Waals surface area contributed by atoms with Gasteiger partial charge in [-0.25, -0.2) is 9.97 Å². The molecule has 5 nitrogen and oxygen atoms in total. The Labute approximate surface area is 147 Å². The Hall–Kier alpha value is -2.95. The van der Waals surface area contributed by atoms with Gasteiger partial charge in [-0.2, -0.15) is 0 Å². The summed E-state index contributed by atoms with van der Waals surface area (Å²) in [6, 6.07) is 15.5. The molecule has 0 aliphatic carbocycles. The van der Waals surface area contributed by atoms with Gasteiger partial charge < -0.3 is 10.2 Å². The molecule has 2 aromatic carbocycles. The maximum Gasteiger partial charge on any atom is 0.251 e. The molecule has 1 aromatic heterocycles. The predicted molar refractivity (Wildman–Crippen MR) is 101 cm³/mol. The average Bonchev–Trinajstić information content (AvgIpc) is 2.63. The second-order valence-electron chi connectivity index (χ2n) is 6.11. The van der Waals surface area contributed by atoms with E-state index in [1.54, 1.807) is 12.1 Å². The topological polar surface area (TPSA) is 58.1 Å². The van der Waals surface area contributed by atoms with Crippen molar-refractivity contribution in [3.8, 4) is 0 Å². The monoisotopic (exact) mass is 334 g/mol. The molecule has 1 amide bonds. The Balaban J connectivity index is 1.63. The Bertz CT molecular complexity index is 893. The van der Waals surface area contributed by atoms with Gasteiger partial charge in [-0.3, -0.25) is 4.79 Å². The number of aromatic nitrogens is 2. The molecular formula is C20H22N4O. The van der Waals surface area contributed by atoms with Gasteiger partial charge in [0.2, 0.25) is 0 Å². The number of nitrogens with zero attached hydrogens (tertiary/aromatic N) is 3. The predicted octanol–water partition coefficient (Wildman–Crippen LogP) is 3.11. The number of benzene rings is 2. The van der Waals surface area contributed by atoms with E-state index in [1.807, 2.05) is 57.3 Å². The van der Waals surface area contributed by atoms with Crippen LogP contribution in [0.1, 0.15) is 21.7 Å². The zero-order valence-electron chi connectivity index (χ0n) is 14.8. The molecule has 0 aliphatic heterocycles. The minimum Gasteiger partial charge on any atom is -0.373 e. The van der Waals surface area contributed by atoms with Crippen molar-refractivity contribution in [3.05, 3.63) is 65.5 Å². The van der Waals surface area contributed by atoms with Crippen LogP contribution in [0.3, 0.4) is 0 Å². The second kappa shape index (κ2) is 7.30. The summed E-state index contributed by atoms with van der Waals surface area (Å²) in [5.41, 5.74) is 5.08. The van der Waals surface area contributed by atoms with E-state index in [0.29, 0.717) is 12.1 Å². The van der Waals surface area contributed by atoms with Gasteiger partial charge in [-0.05, 0) is 44.2 Å². The van der Waals surface area contributed by atoms with Gasteiger partial charge in [0.25, 0.3) is 5.91 Å². The maximum absolute atomic E-state index is 12.4. The number of anilines is 1. The fraction of sp³-hybridized carbons (Fsp3) is 0.250. The van der Waals surface area contributed by atoms with E-state index in [4.69, 9.17) is 0 Å². The molecule has 5 heteroatoms. The first kappa shape index (κ1) is 16.9. The van der Waals surface area contributed by atoms with Crippen LogP contribution in [0, 0.1) is 13.8 Å². The number of carbonyl (C=O) groups excluding carboxylic acids is 1. The van der Waals surface area contributed by atoms with E-state index in [9.17, 15) is 4.79 Å². The van der Waals surface area contributed by atoms with Crippen molar-refractivity contribution in [2.45, 2.75) is 13.8 Å². The van der Waals surface area contributed by atoms with E-state index in [0.717, 1.165) is 34.7 Å². The lowest BCUT2D eigenvalue weighted by Crippen LogP contribution is -2.32. The molecule has 0 saturated carbocycles. The molecule has 0 saturated heterocycles. The number of likely N-dealkylation sites (N-methyl/N-ethyl adjacent to an activating group) is 1. The molecule has 3 aromatic rings. The molecule has 3 rings (SSSR count). The summed E-state index contributed by atoms with van der Waals surface area (Å²) < 4.78 is 0. The summed E-state index contributed by atoms with van der Waals surface area (Å²) in [7, 11) is 2.01. The summed E-state index contributed by atoms with van der Waals surface area (Å²) in [5, 5.41) is 2.96. The van der Waals surface area contributed by atoms with Crippen molar-refractivity contribution in [3.63, 3.8) is 0 Å². The smallest absolute Gasteiger partial charge is 0.251 e. The SMILES string of the molecule is Cc1nc2ccc(C(=O)NCCN(C)c3ccccc3)cc2nc1C. The summed E-state index contributed by atoms with van der Waals surface area (Å²) in [6.45, 7) is 5.17. The highest BCUT2D eigenvalue weighted by Crippen LogP contribution is 2.14. The first-order chi connectivity index (χ1) is 12.0. The highest BCUT2D eigenvalue weighted by Gasteiger charge is 2.09. The second-order valence-corrected chi connectivity index (χ2v) is 6.11. The maximum atomic E-state index is 12.4. The van der Waals surface area contributed by atoms with E-state index >= 15 is 0 Å². The summed E-state index contributed by atoms with van der Waals surface area (Å²) >= 11 is 0. The van der Waals surface area contributed by atoms with Crippen LogP contribution < -0.4 is 10.2 Å². The Morgan fingerprint density at radius 1 is 1.00 bits per heavy atom. The highest BCUT2D eigenvalue weighted by molar-refractivity contribution is 5.97. The van der Waals surface area contributed by atoms with Gasteiger partial charge in [0, 0.05) is 31.4 Å². The van der Waals surface area contributed by atoms with Gasteiger partial charge in [-0.1, -0.05) is 18.2 Å². The van der Waals surface area contributed by atoms with E-state index in [1.165, 1.54) is 0 Å². The van der Waals surface area contributed by atoms with Crippen LogP contribution in [0.4, 0.5) is 5.69 Å². The third-order valence-electron chi connectivity index (χ3n) is 4.27. The van der Waals surface area contributed by atoms with Crippen LogP contribution in [-0.2, 0) is 0 Å². The molecular weight excluding hydrogens is 312 g/mol. The van der Waals surface area contributed by atoms with Crippen LogP contribution >= 0.6 is 0 Å². The number of fused-ring (bicyclic) bond motifs is 1. The van der Waals surface area contributed by atoms with E-state index in [2.05, 4.69) is 20.2 Å². The summed E-state index contributed by atoms with van der Waals surface area (Å²) in [4.78, 5) is 23.5. The largest absolute Gasteiger partial charge is 0.373 e. The lowest BCUT2D eigenvalue weighted by atomic mass is 10.1. The van der Waals surface area contributed by atoms with Crippen molar-refractivity contribution in [1.82, 2.24) is 15.3 Å². The molecule has 128 valence electrons. The van der Waals surface area contributed by atoms with Gasteiger partial charge in [0.05, 0.1) is 22.4 Å². The van der Waals surface area contributed by atoms with Crippen molar-refractivity contribution in [1.29, 1.82) is 0 Å². The normalized spacial score (nSPS) is 10.7. The minimum absolute atomic E-state index is 0.0941. The molecule has 1 heterocycles. The quantitative estimate of drug-likeness (QED) is 0.779. The molecule has 0 atom stereocenters. The summed E-state index contributed by atoms with van der Waals surface area (Å²) in [6.07, 6.45) is 0. The zero-order chi connectivity index (χ0) is 17.8. The molecule has 0 bridgehead atoms. The number of hydrogen-bond donors (Lipinski definition) is 1. The van der Waals surface area contributed by atoms with Gasteiger partial charge in [0.1, 0.15) is 0 Å². The standard InChI is InChI=1S/C20H22N4O/c1-14-15(2)23-19-13-16(9-10-18(19)22-14)20(25)21-11-12-24(3)17-7-5-4-6-8-17/h4-10,13H,11-12H2,1-3H3,(H,21,25). The van der Waals surface area contributed by atoms with E-state index in [-0.39, 0.29) is 5.91 Å². The number of amides is 1. The number of carbonyl (C=O) groups is 1. The molecule has 1 N–H and O–H groups in total. The molecule has 0 spiro atoms. The van der Waals surface area contributed by atoms with Crippen molar-refractivity contribution < 1.29 is 4.79 Å². The summed E-state index contributed by atoms with van der Waals surface area (Å²) in [5.74, 6) is -0.0941. The minimum atomic E-state index is -0.0941.